The van der Waals surface area contributed by atoms with Gasteiger partial charge in [0.05, 0.1) is 0 Å². The molecule has 0 bridgehead atoms. The number of carbonyl (C=O) groups is 2. The minimum absolute atomic E-state index is 0.0950. The van der Waals surface area contributed by atoms with Gasteiger partial charge in [-0.15, -0.1) is 0 Å². The summed E-state index contributed by atoms with van der Waals surface area (Å²) in [6.45, 7) is 0.637. The summed E-state index contributed by atoms with van der Waals surface area (Å²) < 4.78 is 0. The lowest BCUT2D eigenvalue weighted by Gasteiger charge is -2.46. The third-order valence-electron chi connectivity index (χ3n) is 5.31. The highest BCUT2D eigenvalue weighted by Gasteiger charge is 2.51. The van der Waals surface area contributed by atoms with E-state index in [1.54, 1.807) is 0 Å². The number of hydrogen-bond acceptors (Lipinski definition) is 3. The predicted molar refractivity (Wildman–Crippen MR) is 85.1 cm³/mol. The molecule has 1 N–H and O–H groups in total. The first kappa shape index (κ1) is 15.1. The number of para-hydroxylation sites is 1. The van der Waals surface area contributed by atoms with Crippen molar-refractivity contribution in [1.82, 2.24) is 0 Å². The van der Waals surface area contributed by atoms with E-state index in [1.807, 2.05) is 29.2 Å². The van der Waals surface area contributed by atoms with Gasteiger partial charge in [0.1, 0.15) is 0 Å². The van der Waals surface area contributed by atoms with Gasteiger partial charge < -0.3 is 14.8 Å². The number of carboxylic acids is 1. The van der Waals surface area contributed by atoms with E-state index in [0.29, 0.717) is 12.8 Å². The van der Waals surface area contributed by atoms with Crippen LogP contribution in [-0.2, 0) is 16.0 Å². The molecule has 0 saturated heterocycles. The number of carboxylic acid groups (broad SMARTS) is 1. The number of aliphatic carboxylic acids is 1. The van der Waals surface area contributed by atoms with Crippen LogP contribution >= 0.6 is 0 Å². The van der Waals surface area contributed by atoms with Crippen molar-refractivity contribution in [3.63, 3.8) is 0 Å². The van der Waals surface area contributed by atoms with Crippen molar-refractivity contribution in [1.29, 1.82) is 0 Å². The van der Waals surface area contributed by atoms with Crippen molar-refractivity contribution in [2.45, 2.75) is 50.5 Å². The zero-order valence-electron chi connectivity index (χ0n) is 12.8. The van der Waals surface area contributed by atoms with Crippen LogP contribution < -0.4 is 4.90 Å². The quantitative estimate of drug-likeness (QED) is 0.686. The van der Waals surface area contributed by atoms with E-state index in [2.05, 4.69) is 0 Å². The number of fused-ring (bicyclic) bond motifs is 1. The summed E-state index contributed by atoms with van der Waals surface area (Å²) in [6, 6.07) is 7.90. The number of hydrogen-bond donors (Lipinski definition) is 1. The largest absolute Gasteiger partial charge is 0.479 e. The molecule has 1 unspecified atom stereocenters. The average molecular weight is 301 g/mol. The lowest BCUT2D eigenvalue weighted by molar-refractivity contribution is -0.148. The van der Waals surface area contributed by atoms with Gasteiger partial charge in [-0.25, -0.2) is 4.79 Å². The molecule has 0 radical (unpaired) electrons. The SMILES string of the molecule is O=CC(C(=O)O)(C1CCCCC1)N1CCCc2ccccc21. The highest BCUT2D eigenvalue weighted by molar-refractivity contribution is 6.02. The van der Waals surface area contributed by atoms with Crippen LogP contribution in [0.1, 0.15) is 44.1 Å². The van der Waals surface area contributed by atoms with Crippen LogP contribution in [0.25, 0.3) is 0 Å². The van der Waals surface area contributed by atoms with Gasteiger partial charge in [0.15, 0.2) is 11.8 Å². The maximum absolute atomic E-state index is 12.2. The molecule has 1 heterocycles. The Balaban J connectivity index is 2.07. The van der Waals surface area contributed by atoms with Crippen LogP contribution in [0.3, 0.4) is 0 Å². The van der Waals surface area contributed by atoms with Gasteiger partial charge in [-0.3, -0.25) is 0 Å². The van der Waals surface area contributed by atoms with E-state index in [-0.39, 0.29) is 5.92 Å². The van der Waals surface area contributed by atoms with Crippen LogP contribution in [0.2, 0.25) is 0 Å². The topological polar surface area (TPSA) is 57.6 Å². The van der Waals surface area contributed by atoms with Gasteiger partial charge >= 0.3 is 5.97 Å². The molecule has 22 heavy (non-hydrogen) atoms. The second-order valence-corrected chi connectivity index (χ2v) is 6.47. The summed E-state index contributed by atoms with van der Waals surface area (Å²) in [6.07, 6.45) is 7.37. The first-order valence-corrected chi connectivity index (χ1v) is 8.25. The predicted octanol–water partition coefficient (Wildman–Crippen LogP) is 3.04. The van der Waals surface area contributed by atoms with E-state index in [4.69, 9.17) is 0 Å². The molecule has 1 fully saturated rings. The van der Waals surface area contributed by atoms with Crippen molar-refractivity contribution < 1.29 is 14.7 Å². The Kier molecular flexibility index (Phi) is 4.19. The third kappa shape index (κ3) is 2.31. The molecule has 0 amide bonds. The van der Waals surface area contributed by atoms with Crippen LogP contribution in [0.4, 0.5) is 5.69 Å². The minimum Gasteiger partial charge on any atom is -0.479 e. The number of rotatable bonds is 4. The molecule has 1 aliphatic carbocycles. The number of carbonyl (C=O) groups excluding carboxylic acids is 1. The lowest BCUT2D eigenvalue weighted by Crippen LogP contribution is -2.62. The van der Waals surface area contributed by atoms with E-state index in [1.165, 1.54) is 0 Å². The molecule has 4 heteroatoms. The smallest absolute Gasteiger partial charge is 0.337 e. The summed E-state index contributed by atoms with van der Waals surface area (Å²) in [5, 5.41) is 9.98. The summed E-state index contributed by atoms with van der Waals surface area (Å²) in [5.41, 5.74) is 0.669. The van der Waals surface area contributed by atoms with E-state index >= 15 is 0 Å². The monoisotopic (exact) mass is 301 g/mol. The molecule has 3 rings (SSSR count). The normalized spacial score (nSPS) is 21.7. The number of benzene rings is 1. The van der Waals surface area contributed by atoms with Gasteiger partial charge in [0, 0.05) is 12.2 Å². The minimum atomic E-state index is -1.41. The zero-order chi connectivity index (χ0) is 15.6. The van der Waals surface area contributed by atoms with Crippen molar-refractivity contribution in [2.75, 3.05) is 11.4 Å². The van der Waals surface area contributed by atoms with Crippen LogP contribution in [0.15, 0.2) is 24.3 Å². The molecular formula is C18H23NO3. The fraction of sp³-hybridized carbons (Fsp3) is 0.556. The summed E-state index contributed by atoms with van der Waals surface area (Å²) in [4.78, 5) is 26.1. The molecule has 1 saturated carbocycles. The first-order valence-electron chi connectivity index (χ1n) is 8.25. The first-order chi connectivity index (χ1) is 10.7. The number of aryl methyl sites for hydroxylation is 1. The van der Waals surface area contributed by atoms with Crippen LogP contribution in [-0.4, -0.2) is 29.4 Å². The Labute approximate surface area is 131 Å². The van der Waals surface area contributed by atoms with Crippen molar-refractivity contribution in [3.05, 3.63) is 29.8 Å². The van der Waals surface area contributed by atoms with Crippen molar-refractivity contribution in [2.24, 2.45) is 5.92 Å². The number of aldehydes is 1. The van der Waals surface area contributed by atoms with E-state index in [9.17, 15) is 14.7 Å². The fourth-order valence-electron chi connectivity index (χ4n) is 4.18. The Morgan fingerprint density at radius 1 is 1.18 bits per heavy atom. The van der Waals surface area contributed by atoms with Gasteiger partial charge in [-0.05, 0) is 43.2 Å². The molecule has 1 aliphatic heterocycles. The average Bonchev–Trinajstić information content (AvgIpc) is 2.57. The molecule has 1 atom stereocenters. The van der Waals surface area contributed by atoms with Crippen LogP contribution in [0, 0.1) is 5.92 Å². The maximum atomic E-state index is 12.2. The Bertz CT molecular complexity index is 565. The highest BCUT2D eigenvalue weighted by atomic mass is 16.4. The highest BCUT2D eigenvalue weighted by Crippen LogP contribution is 2.41. The Morgan fingerprint density at radius 3 is 2.59 bits per heavy atom. The number of nitrogens with zero attached hydrogens (tertiary/aromatic N) is 1. The van der Waals surface area contributed by atoms with Crippen LogP contribution in [0.5, 0.6) is 0 Å². The molecule has 1 aromatic rings. The van der Waals surface area contributed by atoms with Gasteiger partial charge in [-0.1, -0.05) is 37.5 Å². The second-order valence-electron chi connectivity index (χ2n) is 6.47. The van der Waals surface area contributed by atoms with Gasteiger partial charge in [0.2, 0.25) is 0 Å². The van der Waals surface area contributed by atoms with E-state index in [0.717, 1.165) is 56.2 Å². The van der Waals surface area contributed by atoms with Crippen molar-refractivity contribution in [3.8, 4) is 0 Å². The second kappa shape index (κ2) is 6.11. The molecule has 0 aromatic heterocycles. The molecule has 118 valence electrons. The molecular weight excluding hydrogens is 278 g/mol. The van der Waals surface area contributed by atoms with Gasteiger partial charge in [-0.2, -0.15) is 0 Å². The fourth-order valence-corrected chi connectivity index (χ4v) is 4.18. The van der Waals surface area contributed by atoms with E-state index < -0.39 is 11.5 Å². The molecule has 2 aliphatic rings. The maximum Gasteiger partial charge on any atom is 0.337 e. The Morgan fingerprint density at radius 2 is 1.91 bits per heavy atom. The molecule has 0 spiro atoms. The van der Waals surface area contributed by atoms with Crippen molar-refractivity contribution >= 4 is 17.9 Å². The summed E-state index contributed by atoms with van der Waals surface area (Å²) >= 11 is 0. The third-order valence-corrected chi connectivity index (χ3v) is 5.31. The zero-order valence-corrected chi connectivity index (χ0v) is 12.8. The summed E-state index contributed by atoms with van der Waals surface area (Å²) in [5.74, 6) is -1.09. The lowest BCUT2D eigenvalue weighted by atomic mass is 9.73. The molecule has 1 aromatic carbocycles. The molecule has 4 nitrogen and oxygen atoms in total. The number of anilines is 1. The standard InChI is InChI=1S/C18H23NO3/c20-13-18(17(21)22,15-9-2-1-3-10-15)19-12-6-8-14-7-4-5-11-16(14)19/h4-5,7,11,13,15H,1-3,6,8-10,12H2,(H,21,22). The van der Waals surface area contributed by atoms with Gasteiger partial charge in [0.25, 0.3) is 0 Å². The Hall–Kier alpha value is -1.84. The summed E-state index contributed by atoms with van der Waals surface area (Å²) in [7, 11) is 0.